The highest BCUT2D eigenvalue weighted by molar-refractivity contribution is 5.96. The lowest BCUT2D eigenvalue weighted by atomic mass is 9.85. The van der Waals surface area contributed by atoms with E-state index in [1.54, 1.807) is 10.9 Å². The Labute approximate surface area is 162 Å². The van der Waals surface area contributed by atoms with Crippen molar-refractivity contribution in [2.45, 2.75) is 37.8 Å². The van der Waals surface area contributed by atoms with Gasteiger partial charge in [0.25, 0.3) is 0 Å². The van der Waals surface area contributed by atoms with Gasteiger partial charge in [0.05, 0.1) is 17.7 Å². The van der Waals surface area contributed by atoms with Crippen LogP contribution in [0.3, 0.4) is 0 Å². The maximum absolute atomic E-state index is 13.3. The zero-order chi connectivity index (χ0) is 19.3. The smallest absolute Gasteiger partial charge is 0.229 e. The molecule has 1 saturated heterocycles. The van der Waals surface area contributed by atoms with E-state index in [2.05, 4.69) is 15.4 Å². The molecule has 2 fully saturated rings. The Morgan fingerprint density at radius 3 is 2.82 bits per heavy atom. The van der Waals surface area contributed by atoms with Gasteiger partial charge in [-0.1, -0.05) is 0 Å². The summed E-state index contributed by atoms with van der Waals surface area (Å²) in [6, 6.07) is 9.72. The van der Waals surface area contributed by atoms with Crippen LogP contribution in [-0.2, 0) is 16.6 Å². The molecule has 0 radical (unpaired) electrons. The van der Waals surface area contributed by atoms with E-state index in [4.69, 9.17) is 0 Å². The number of aromatic nitrogens is 3. The molecule has 5 rings (SSSR count). The Bertz CT molecular complexity index is 1050. The molecule has 2 N–H and O–H groups in total. The summed E-state index contributed by atoms with van der Waals surface area (Å²) in [6.45, 7) is 0. The van der Waals surface area contributed by atoms with Gasteiger partial charge in [-0.05, 0) is 49.6 Å². The molecule has 1 aliphatic heterocycles. The summed E-state index contributed by atoms with van der Waals surface area (Å²) in [5.41, 5.74) is 2.73. The number of amides is 2. The third-order valence-corrected chi connectivity index (χ3v) is 5.90. The zero-order valence-corrected chi connectivity index (χ0v) is 15.8. The first kappa shape index (κ1) is 17.0. The van der Waals surface area contributed by atoms with Crippen LogP contribution in [0.2, 0.25) is 0 Å². The molecule has 7 heteroatoms. The third-order valence-electron chi connectivity index (χ3n) is 5.90. The van der Waals surface area contributed by atoms with Crippen LogP contribution < -0.4 is 5.32 Å². The van der Waals surface area contributed by atoms with Crippen LogP contribution in [0, 0.1) is 5.92 Å². The Morgan fingerprint density at radius 2 is 2.07 bits per heavy atom. The van der Waals surface area contributed by atoms with E-state index in [0.29, 0.717) is 12.8 Å². The van der Waals surface area contributed by atoms with Crippen molar-refractivity contribution in [1.29, 1.82) is 0 Å². The molecule has 3 aromatic rings. The number of aromatic amines is 1. The fourth-order valence-electron chi connectivity index (χ4n) is 4.36. The molecular formula is C21H23N5O2. The maximum atomic E-state index is 13.3. The number of rotatable bonds is 4. The van der Waals surface area contributed by atoms with Gasteiger partial charge in [-0.2, -0.15) is 5.10 Å². The average molecular weight is 377 g/mol. The van der Waals surface area contributed by atoms with Crippen molar-refractivity contribution in [2.75, 3.05) is 5.32 Å². The van der Waals surface area contributed by atoms with Crippen molar-refractivity contribution in [2.24, 2.45) is 13.0 Å². The first-order valence-corrected chi connectivity index (χ1v) is 9.79. The van der Waals surface area contributed by atoms with Gasteiger partial charge in [-0.3, -0.25) is 14.3 Å². The highest BCUT2D eigenvalue weighted by Gasteiger charge is 2.47. The molecule has 2 amide bonds. The predicted molar refractivity (Wildman–Crippen MR) is 105 cm³/mol. The van der Waals surface area contributed by atoms with Gasteiger partial charge in [0.2, 0.25) is 11.8 Å². The number of anilines is 1. The van der Waals surface area contributed by atoms with Crippen LogP contribution in [0.1, 0.15) is 37.4 Å². The second-order valence-corrected chi connectivity index (χ2v) is 7.77. The number of piperidine rings is 1. The van der Waals surface area contributed by atoms with E-state index in [-0.39, 0.29) is 29.8 Å². The molecule has 28 heavy (non-hydrogen) atoms. The number of aryl methyl sites for hydroxylation is 1. The van der Waals surface area contributed by atoms with Crippen LogP contribution >= 0.6 is 0 Å². The molecule has 1 saturated carbocycles. The molecule has 2 unspecified atom stereocenters. The Balaban J connectivity index is 1.46. The quantitative estimate of drug-likeness (QED) is 0.733. The number of likely N-dealkylation sites (tertiary alicyclic amines) is 1. The molecule has 3 heterocycles. The minimum Gasteiger partial charge on any atom is -0.361 e. The van der Waals surface area contributed by atoms with Crippen molar-refractivity contribution in [3.8, 4) is 0 Å². The molecule has 2 atom stereocenters. The number of carbonyl (C=O) groups excluding carboxylic acids is 2. The monoisotopic (exact) mass is 377 g/mol. The number of fused-ring (bicyclic) bond motifs is 1. The van der Waals surface area contributed by atoms with Crippen LogP contribution in [0.15, 0.2) is 42.7 Å². The summed E-state index contributed by atoms with van der Waals surface area (Å²) in [4.78, 5) is 31.1. The topological polar surface area (TPSA) is 83.0 Å². The lowest BCUT2D eigenvalue weighted by Crippen LogP contribution is -2.48. The van der Waals surface area contributed by atoms with Crippen molar-refractivity contribution in [3.63, 3.8) is 0 Å². The van der Waals surface area contributed by atoms with E-state index < -0.39 is 0 Å². The summed E-state index contributed by atoms with van der Waals surface area (Å²) in [5.74, 6) is -0.193. The van der Waals surface area contributed by atoms with E-state index >= 15 is 0 Å². The third kappa shape index (κ3) is 2.87. The van der Waals surface area contributed by atoms with Crippen molar-refractivity contribution < 1.29 is 9.59 Å². The molecule has 2 aromatic heterocycles. The average Bonchev–Trinajstić information content (AvgIpc) is 3.25. The summed E-state index contributed by atoms with van der Waals surface area (Å²) in [6.07, 6.45) is 6.61. The van der Waals surface area contributed by atoms with Gasteiger partial charge in [0.1, 0.15) is 0 Å². The van der Waals surface area contributed by atoms with Crippen LogP contribution in [-0.4, -0.2) is 37.5 Å². The van der Waals surface area contributed by atoms with Crippen molar-refractivity contribution >= 4 is 28.4 Å². The highest BCUT2D eigenvalue weighted by Crippen LogP contribution is 2.43. The second-order valence-electron chi connectivity index (χ2n) is 7.77. The van der Waals surface area contributed by atoms with Crippen LogP contribution in [0.4, 0.5) is 5.69 Å². The predicted octanol–water partition coefficient (Wildman–Crippen LogP) is 2.98. The van der Waals surface area contributed by atoms with E-state index in [1.165, 1.54) is 0 Å². The van der Waals surface area contributed by atoms with Gasteiger partial charge in [-0.25, -0.2) is 0 Å². The fraction of sp³-hybridized carbons (Fsp3) is 0.381. The Hall–Kier alpha value is -3.09. The lowest BCUT2D eigenvalue weighted by molar-refractivity contribution is -0.143. The Morgan fingerprint density at radius 1 is 1.21 bits per heavy atom. The molecule has 7 nitrogen and oxygen atoms in total. The molecule has 0 spiro atoms. The largest absolute Gasteiger partial charge is 0.361 e. The molecule has 144 valence electrons. The van der Waals surface area contributed by atoms with Crippen molar-refractivity contribution in [1.82, 2.24) is 19.7 Å². The minimum absolute atomic E-state index is 0.0424. The lowest BCUT2D eigenvalue weighted by Gasteiger charge is -2.40. The van der Waals surface area contributed by atoms with E-state index in [0.717, 1.165) is 35.1 Å². The highest BCUT2D eigenvalue weighted by atomic mass is 16.2. The number of H-pyrrole nitrogens is 1. The fourth-order valence-corrected chi connectivity index (χ4v) is 4.36. The molecule has 0 bridgehead atoms. The van der Waals surface area contributed by atoms with Crippen LogP contribution in [0.25, 0.3) is 10.9 Å². The summed E-state index contributed by atoms with van der Waals surface area (Å²) in [7, 11) is 1.87. The number of benzene rings is 1. The summed E-state index contributed by atoms with van der Waals surface area (Å²) in [5, 5.41) is 8.41. The summed E-state index contributed by atoms with van der Waals surface area (Å²) >= 11 is 0. The second kappa shape index (κ2) is 6.51. The molecular weight excluding hydrogens is 354 g/mol. The number of nitrogens with zero attached hydrogens (tertiary/aromatic N) is 3. The van der Waals surface area contributed by atoms with Gasteiger partial charge in [-0.15, -0.1) is 0 Å². The standard InChI is InChI=1S/C21H23N5O2/c1-25-18(9-11-23-25)20-16(5-7-19(27)26(20)15-3-4-15)21(28)24-14-2-6-17-13(12-14)8-10-22-17/h2,6,8-12,15-16,20,22H,3-5,7H2,1H3,(H,24,28). The van der Waals surface area contributed by atoms with Crippen LogP contribution in [0.5, 0.6) is 0 Å². The van der Waals surface area contributed by atoms with Gasteiger partial charge < -0.3 is 15.2 Å². The molecule has 2 aliphatic rings. The summed E-state index contributed by atoms with van der Waals surface area (Å²) < 4.78 is 1.78. The first-order chi connectivity index (χ1) is 13.6. The van der Waals surface area contributed by atoms with E-state index in [9.17, 15) is 9.59 Å². The maximum Gasteiger partial charge on any atom is 0.229 e. The molecule has 1 aliphatic carbocycles. The van der Waals surface area contributed by atoms with Gasteiger partial charge in [0.15, 0.2) is 0 Å². The first-order valence-electron chi connectivity index (χ1n) is 9.79. The number of carbonyl (C=O) groups is 2. The SMILES string of the molecule is Cn1nccc1C1C(C(=O)Nc2ccc3[nH]ccc3c2)CCC(=O)N1C1CC1. The molecule has 1 aromatic carbocycles. The van der Waals surface area contributed by atoms with E-state index in [1.807, 2.05) is 48.5 Å². The minimum atomic E-state index is -0.296. The number of nitrogens with one attached hydrogen (secondary N) is 2. The van der Waals surface area contributed by atoms with Gasteiger partial charge in [0, 0.05) is 48.5 Å². The number of hydrogen-bond acceptors (Lipinski definition) is 3. The van der Waals surface area contributed by atoms with Crippen molar-refractivity contribution in [3.05, 3.63) is 48.4 Å². The normalized spacial score (nSPS) is 22.6. The number of hydrogen-bond donors (Lipinski definition) is 2. The van der Waals surface area contributed by atoms with Gasteiger partial charge >= 0.3 is 0 Å². The Kier molecular flexibility index (Phi) is 3.96. The zero-order valence-electron chi connectivity index (χ0n) is 15.8.